The highest BCUT2D eigenvalue weighted by Crippen LogP contribution is 2.33. The Morgan fingerprint density at radius 1 is 0.923 bits per heavy atom. The summed E-state index contributed by atoms with van der Waals surface area (Å²) in [6.07, 6.45) is 16.8. The Kier molecular flexibility index (Phi) is 1.22. The smallest absolute Gasteiger partial charge is 0.0466 e. The van der Waals surface area contributed by atoms with E-state index in [1.807, 2.05) is 6.08 Å². The van der Waals surface area contributed by atoms with Crippen LogP contribution in [0, 0.1) is 0 Å². The number of aromatic nitrogens is 1. The summed E-state index contributed by atoms with van der Waals surface area (Å²) in [4.78, 5) is 3.26. The highest BCUT2D eigenvalue weighted by molar-refractivity contribution is 5.94. The topological polar surface area (TPSA) is 15.8 Å². The molecule has 0 saturated carbocycles. The van der Waals surface area contributed by atoms with Crippen LogP contribution in [0.4, 0.5) is 0 Å². The summed E-state index contributed by atoms with van der Waals surface area (Å²) in [5, 5.41) is 0. The van der Waals surface area contributed by atoms with E-state index in [0.717, 1.165) is 0 Å². The van der Waals surface area contributed by atoms with Crippen molar-refractivity contribution in [3.8, 4) is 0 Å². The third-order valence-corrected chi connectivity index (χ3v) is 2.43. The zero-order chi connectivity index (χ0) is 8.67. The molecule has 1 N–H and O–H groups in total. The van der Waals surface area contributed by atoms with Crippen molar-refractivity contribution in [3.63, 3.8) is 0 Å². The van der Waals surface area contributed by atoms with Crippen molar-refractivity contribution in [2.24, 2.45) is 0 Å². The molecular formula is C12H9N. The molecule has 0 fully saturated rings. The van der Waals surface area contributed by atoms with E-state index < -0.39 is 0 Å². The van der Waals surface area contributed by atoms with Gasteiger partial charge in [0, 0.05) is 23.0 Å². The molecule has 62 valence electrons. The van der Waals surface area contributed by atoms with E-state index >= 15 is 0 Å². The molecule has 1 nitrogen and oxygen atoms in total. The molecule has 0 bridgehead atoms. The van der Waals surface area contributed by atoms with Gasteiger partial charge >= 0.3 is 0 Å². The van der Waals surface area contributed by atoms with E-state index in [1.54, 1.807) is 0 Å². The van der Waals surface area contributed by atoms with Crippen LogP contribution in [0.15, 0.2) is 36.6 Å². The van der Waals surface area contributed by atoms with E-state index in [9.17, 15) is 0 Å². The predicted molar refractivity (Wildman–Crippen MR) is 56.0 cm³/mol. The largest absolute Gasteiger partial charge is 0.361 e. The molecule has 3 rings (SSSR count). The van der Waals surface area contributed by atoms with Crippen LogP contribution in [0.25, 0.3) is 17.7 Å². The molecule has 0 atom stereocenters. The average molecular weight is 167 g/mol. The molecule has 1 aromatic rings. The third-order valence-electron chi connectivity index (χ3n) is 2.43. The lowest BCUT2D eigenvalue weighted by Crippen LogP contribution is -1.82. The van der Waals surface area contributed by atoms with E-state index in [2.05, 4.69) is 47.6 Å². The van der Waals surface area contributed by atoms with Gasteiger partial charge in [-0.15, -0.1) is 0 Å². The first-order valence-corrected chi connectivity index (χ1v) is 4.40. The summed E-state index contributed by atoms with van der Waals surface area (Å²) in [7, 11) is 0. The van der Waals surface area contributed by atoms with Gasteiger partial charge in [-0.25, -0.2) is 0 Å². The number of hydrogen-bond donors (Lipinski definition) is 1. The number of allylic oxidation sites excluding steroid dienone is 6. The molecule has 0 amide bonds. The van der Waals surface area contributed by atoms with E-state index in [0.29, 0.717) is 0 Å². The molecule has 1 heteroatoms. The fraction of sp³-hybridized carbons (Fsp3) is 0. The highest BCUT2D eigenvalue weighted by Gasteiger charge is 2.15. The summed E-state index contributed by atoms with van der Waals surface area (Å²) in [5.74, 6) is 0. The number of nitrogens with one attached hydrogen (secondary N) is 1. The Balaban J connectivity index is 2.35. The van der Waals surface area contributed by atoms with Gasteiger partial charge in [0.25, 0.3) is 0 Å². The summed E-state index contributed by atoms with van der Waals surface area (Å²) in [6.45, 7) is 0. The molecule has 1 heterocycles. The molecular weight excluding hydrogens is 158 g/mol. The summed E-state index contributed by atoms with van der Waals surface area (Å²) >= 11 is 0. The van der Waals surface area contributed by atoms with Crippen molar-refractivity contribution >= 4 is 17.7 Å². The molecule has 13 heavy (non-hydrogen) atoms. The first-order valence-electron chi connectivity index (χ1n) is 4.40. The fourth-order valence-electron chi connectivity index (χ4n) is 1.82. The van der Waals surface area contributed by atoms with Gasteiger partial charge in [0.2, 0.25) is 0 Å². The van der Waals surface area contributed by atoms with Crippen molar-refractivity contribution < 1.29 is 0 Å². The maximum Gasteiger partial charge on any atom is 0.0466 e. The van der Waals surface area contributed by atoms with Gasteiger partial charge in [-0.05, 0) is 11.6 Å². The van der Waals surface area contributed by atoms with Crippen LogP contribution in [-0.2, 0) is 0 Å². The second kappa shape index (κ2) is 2.36. The lowest BCUT2D eigenvalue weighted by molar-refractivity contribution is 1.36. The molecule has 0 radical (unpaired) electrons. The minimum Gasteiger partial charge on any atom is -0.361 e. The Morgan fingerprint density at radius 2 is 1.92 bits per heavy atom. The van der Waals surface area contributed by atoms with Crippen LogP contribution >= 0.6 is 0 Å². The predicted octanol–water partition coefficient (Wildman–Crippen LogP) is 3.01. The van der Waals surface area contributed by atoms with Crippen molar-refractivity contribution in [1.82, 2.24) is 4.98 Å². The molecule has 2 aliphatic carbocycles. The molecule has 0 unspecified atom stereocenters. The Bertz CT molecular complexity index is 467. The number of H-pyrrole nitrogens is 1. The van der Waals surface area contributed by atoms with Crippen molar-refractivity contribution in [3.05, 3.63) is 53.4 Å². The van der Waals surface area contributed by atoms with Crippen LogP contribution < -0.4 is 0 Å². The number of rotatable bonds is 0. The van der Waals surface area contributed by atoms with Gasteiger partial charge in [0.15, 0.2) is 0 Å². The molecule has 0 aliphatic heterocycles. The minimum absolute atomic E-state index is 1.20. The zero-order valence-corrected chi connectivity index (χ0v) is 7.12. The van der Waals surface area contributed by atoms with Gasteiger partial charge in [-0.2, -0.15) is 0 Å². The first kappa shape index (κ1) is 6.72. The van der Waals surface area contributed by atoms with Gasteiger partial charge in [-0.3, -0.25) is 0 Å². The molecule has 1 aromatic heterocycles. The summed E-state index contributed by atoms with van der Waals surface area (Å²) in [5.41, 5.74) is 5.13. The number of aromatic amines is 1. The van der Waals surface area contributed by atoms with Gasteiger partial charge in [0.1, 0.15) is 0 Å². The maximum absolute atomic E-state index is 3.26. The SMILES string of the molecule is C1=Cc2c[nH]c3c2\C1=C/C=C\C=C/3. The van der Waals surface area contributed by atoms with Crippen molar-refractivity contribution in [2.75, 3.05) is 0 Å². The fourth-order valence-corrected chi connectivity index (χ4v) is 1.82. The average Bonchev–Trinajstić information content (AvgIpc) is 2.60. The van der Waals surface area contributed by atoms with Crippen molar-refractivity contribution in [1.29, 1.82) is 0 Å². The zero-order valence-electron chi connectivity index (χ0n) is 7.12. The quantitative estimate of drug-likeness (QED) is 0.611. The lowest BCUT2D eigenvalue weighted by atomic mass is 10.1. The van der Waals surface area contributed by atoms with Crippen LogP contribution in [-0.4, -0.2) is 4.98 Å². The normalized spacial score (nSPS) is 25.7. The Hall–Kier alpha value is -1.76. The van der Waals surface area contributed by atoms with E-state index in [1.165, 1.54) is 22.4 Å². The lowest BCUT2D eigenvalue weighted by Gasteiger charge is -1.99. The standard InChI is InChI=1S/C12H9N/c1-2-4-9-6-7-10-8-13-11(5-3-1)12(9)10/h1-8,13H/b2-1-,3-1?,4-2?,5-3-,9-4-,11-5?. The summed E-state index contributed by atoms with van der Waals surface area (Å²) in [6, 6.07) is 0. The minimum atomic E-state index is 1.20. The van der Waals surface area contributed by atoms with Gasteiger partial charge in [0.05, 0.1) is 0 Å². The van der Waals surface area contributed by atoms with E-state index in [-0.39, 0.29) is 0 Å². The maximum atomic E-state index is 3.26. The van der Waals surface area contributed by atoms with Crippen LogP contribution in [0.3, 0.4) is 0 Å². The van der Waals surface area contributed by atoms with Gasteiger partial charge < -0.3 is 4.98 Å². The first-order chi connectivity index (χ1) is 6.45. The van der Waals surface area contributed by atoms with Crippen LogP contribution in [0.1, 0.15) is 16.8 Å². The highest BCUT2D eigenvalue weighted by atomic mass is 14.7. The molecule has 0 saturated heterocycles. The Labute approximate surface area is 76.8 Å². The molecule has 2 aliphatic rings. The number of hydrogen-bond acceptors (Lipinski definition) is 0. The van der Waals surface area contributed by atoms with Crippen molar-refractivity contribution in [2.45, 2.75) is 0 Å². The van der Waals surface area contributed by atoms with Gasteiger partial charge in [-0.1, -0.05) is 36.5 Å². The second-order valence-electron chi connectivity index (χ2n) is 3.23. The van der Waals surface area contributed by atoms with Crippen LogP contribution in [0.2, 0.25) is 0 Å². The monoisotopic (exact) mass is 167 g/mol. The third kappa shape index (κ3) is 0.872. The summed E-state index contributed by atoms with van der Waals surface area (Å²) < 4.78 is 0. The molecule has 0 aromatic carbocycles. The van der Waals surface area contributed by atoms with Crippen LogP contribution in [0.5, 0.6) is 0 Å². The van der Waals surface area contributed by atoms with E-state index in [4.69, 9.17) is 0 Å². The second-order valence-corrected chi connectivity index (χ2v) is 3.23. The Morgan fingerprint density at radius 3 is 2.92 bits per heavy atom. The molecule has 0 spiro atoms.